The fraction of sp³-hybridized carbons (Fsp3) is 0.333. The lowest BCUT2D eigenvalue weighted by molar-refractivity contribution is -0.192. The van der Waals surface area contributed by atoms with Gasteiger partial charge in [0, 0.05) is 17.1 Å². The van der Waals surface area contributed by atoms with Gasteiger partial charge in [-0.25, -0.2) is 9.78 Å². The molecule has 0 radical (unpaired) electrons. The third-order valence-corrected chi connectivity index (χ3v) is 6.86. The Morgan fingerprint density at radius 2 is 1.85 bits per heavy atom. The summed E-state index contributed by atoms with van der Waals surface area (Å²) in [6, 6.07) is 9.28. The van der Waals surface area contributed by atoms with Crippen molar-refractivity contribution in [1.82, 2.24) is 19.7 Å². The van der Waals surface area contributed by atoms with Crippen molar-refractivity contribution in [3.05, 3.63) is 47.2 Å². The number of hydrogen-bond donors (Lipinski definition) is 4. The molecule has 6 N–H and O–H groups in total. The molecule has 40 heavy (non-hydrogen) atoms. The maximum absolute atomic E-state index is 13.4. The molecule has 1 saturated heterocycles. The van der Waals surface area contributed by atoms with E-state index in [-0.39, 0.29) is 41.2 Å². The Kier molecular flexibility index (Phi) is 7.86. The number of nitrogen functional groups attached to an aromatic ring is 1. The van der Waals surface area contributed by atoms with Gasteiger partial charge in [-0.05, 0) is 55.5 Å². The number of carbonyl (C=O) groups is 4. The second-order valence-electron chi connectivity index (χ2n) is 9.26. The molecule has 0 unspecified atom stereocenters. The van der Waals surface area contributed by atoms with Gasteiger partial charge in [0.25, 0.3) is 5.91 Å². The van der Waals surface area contributed by atoms with Gasteiger partial charge in [0.15, 0.2) is 5.69 Å². The standard InChI is InChI=1S/C22H22ClN7O3.C2HF3O2/c23-16-2-1-3-17(26-16)27-22(33)20-11-4-6-13(8-11)30(20)18(31)10-29-15-9-12(24)5-7-14(15)19(28-29)21(25)32;3-2(4,5)1(6)7/h1-3,5,7,9,11,13,20H,4,6,8,10,24H2,(H2,25,32)(H,26,27,33);(H,6,7)/t11-,13+,20-;/m0./s1. The molecule has 2 aliphatic rings. The average Bonchev–Trinajstić information content (AvgIpc) is 3.57. The number of nitrogens with zero attached hydrogens (tertiary/aromatic N) is 4. The zero-order valence-corrected chi connectivity index (χ0v) is 21.3. The molecule has 5 rings (SSSR count). The van der Waals surface area contributed by atoms with Crippen LogP contribution in [-0.2, 0) is 20.9 Å². The molecule has 16 heteroatoms. The minimum atomic E-state index is -5.08. The second-order valence-corrected chi connectivity index (χ2v) is 9.64. The first kappa shape index (κ1) is 28.6. The number of benzene rings is 1. The van der Waals surface area contributed by atoms with E-state index in [2.05, 4.69) is 15.4 Å². The number of carbonyl (C=O) groups excluding carboxylic acids is 3. The van der Waals surface area contributed by atoms with E-state index in [1.54, 1.807) is 41.3 Å². The minimum absolute atomic E-state index is 0.0203. The normalized spacial score (nSPS) is 19.7. The summed E-state index contributed by atoms with van der Waals surface area (Å²) in [4.78, 5) is 53.1. The van der Waals surface area contributed by atoms with Crippen LogP contribution in [0.2, 0.25) is 5.15 Å². The highest BCUT2D eigenvalue weighted by Crippen LogP contribution is 2.43. The van der Waals surface area contributed by atoms with Crippen molar-refractivity contribution in [3.8, 4) is 0 Å². The summed E-state index contributed by atoms with van der Waals surface area (Å²) in [5.41, 5.74) is 12.5. The van der Waals surface area contributed by atoms with E-state index < -0.39 is 24.1 Å². The Labute approximate surface area is 229 Å². The van der Waals surface area contributed by atoms with Crippen molar-refractivity contribution in [1.29, 1.82) is 0 Å². The molecule has 3 aromatic rings. The van der Waals surface area contributed by atoms with Crippen LogP contribution >= 0.6 is 11.6 Å². The molecule has 12 nitrogen and oxygen atoms in total. The first-order chi connectivity index (χ1) is 18.8. The maximum Gasteiger partial charge on any atom is 0.490 e. The molecular weight excluding hydrogens is 559 g/mol. The van der Waals surface area contributed by atoms with Crippen molar-refractivity contribution in [3.63, 3.8) is 0 Å². The summed E-state index contributed by atoms with van der Waals surface area (Å²) in [6.45, 7) is -0.143. The van der Waals surface area contributed by atoms with Crippen molar-refractivity contribution in [2.75, 3.05) is 11.1 Å². The number of piperidine rings is 1. The van der Waals surface area contributed by atoms with Crippen LogP contribution < -0.4 is 16.8 Å². The third-order valence-electron chi connectivity index (χ3n) is 6.64. The van der Waals surface area contributed by atoms with Crippen molar-refractivity contribution < 1.29 is 37.5 Å². The number of likely N-dealkylation sites (tertiary alicyclic amines) is 1. The highest BCUT2D eigenvalue weighted by atomic mass is 35.5. The van der Waals surface area contributed by atoms with E-state index in [9.17, 15) is 27.6 Å². The Morgan fingerprint density at radius 3 is 2.48 bits per heavy atom. The highest BCUT2D eigenvalue weighted by molar-refractivity contribution is 6.29. The number of fused-ring (bicyclic) bond motifs is 3. The van der Waals surface area contributed by atoms with Gasteiger partial charge in [0.2, 0.25) is 11.8 Å². The topological polar surface area (TPSA) is 187 Å². The van der Waals surface area contributed by atoms with Gasteiger partial charge in [0.05, 0.1) is 5.52 Å². The predicted molar refractivity (Wildman–Crippen MR) is 136 cm³/mol. The number of nitrogens with two attached hydrogens (primary N) is 2. The van der Waals surface area contributed by atoms with Gasteiger partial charge in [-0.15, -0.1) is 0 Å². The third kappa shape index (κ3) is 5.93. The number of carboxylic acids is 1. The molecule has 1 aliphatic carbocycles. The summed E-state index contributed by atoms with van der Waals surface area (Å²) in [6.07, 6.45) is -2.59. The number of amides is 3. The van der Waals surface area contributed by atoms with E-state index in [1.807, 2.05) is 0 Å². The quantitative estimate of drug-likeness (QED) is 0.261. The highest BCUT2D eigenvalue weighted by Gasteiger charge is 2.51. The number of hydrogen-bond acceptors (Lipinski definition) is 7. The number of alkyl halides is 3. The number of aliphatic carboxylic acids is 1. The number of pyridine rings is 1. The zero-order chi connectivity index (χ0) is 29.4. The number of nitrogens with one attached hydrogen (secondary N) is 1. The van der Waals surface area contributed by atoms with Crippen LogP contribution in [0.4, 0.5) is 24.7 Å². The average molecular weight is 582 g/mol. The van der Waals surface area contributed by atoms with Crippen LogP contribution in [0.15, 0.2) is 36.4 Å². The van der Waals surface area contributed by atoms with E-state index in [1.165, 1.54) is 4.68 Å². The summed E-state index contributed by atoms with van der Waals surface area (Å²) >= 11 is 5.92. The molecule has 0 spiro atoms. The van der Waals surface area contributed by atoms with Gasteiger partial charge in [0.1, 0.15) is 23.6 Å². The largest absolute Gasteiger partial charge is 0.490 e. The van der Waals surface area contributed by atoms with Gasteiger partial charge in [-0.3, -0.25) is 19.1 Å². The molecule has 2 fully saturated rings. The van der Waals surface area contributed by atoms with Crippen molar-refractivity contribution in [2.24, 2.45) is 11.7 Å². The number of rotatable bonds is 5. The van der Waals surface area contributed by atoms with E-state index >= 15 is 0 Å². The molecule has 2 bridgehead atoms. The van der Waals surface area contributed by atoms with Crippen LogP contribution in [-0.4, -0.2) is 66.7 Å². The molecule has 3 amide bonds. The molecule has 3 heterocycles. The van der Waals surface area contributed by atoms with Gasteiger partial charge in [-0.2, -0.15) is 18.3 Å². The fourth-order valence-corrected chi connectivity index (χ4v) is 5.23. The van der Waals surface area contributed by atoms with E-state index in [0.717, 1.165) is 19.3 Å². The summed E-state index contributed by atoms with van der Waals surface area (Å²) in [7, 11) is 0. The second kappa shape index (κ2) is 11.0. The molecule has 212 valence electrons. The van der Waals surface area contributed by atoms with Gasteiger partial charge >= 0.3 is 12.1 Å². The van der Waals surface area contributed by atoms with Crippen LogP contribution in [0.25, 0.3) is 10.9 Å². The lowest BCUT2D eigenvalue weighted by atomic mass is 9.97. The Bertz CT molecular complexity index is 1500. The molecule has 1 aliphatic heterocycles. The van der Waals surface area contributed by atoms with E-state index in [0.29, 0.717) is 22.4 Å². The van der Waals surface area contributed by atoms with Crippen molar-refractivity contribution in [2.45, 2.75) is 44.1 Å². The Balaban J connectivity index is 0.000000470. The SMILES string of the molecule is NC(=O)c1nn(CC(=O)N2[C@@H]3CC[C@@H](C3)[C@H]2C(=O)Nc2cccc(Cl)n2)c2cc(N)ccc12.O=C(O)C(F)(F)F. The summed E-state index contributed by atoms with van der Waals surface area (Å²) in [5, 5.41) is 15.0. The van der Waals surface area contributed by atoms with E-state index in [4.69, 9.17) is 33.0 Å². The molecule has 2 aromatic heterocycles. The number of anilines is 2. The van der Waals surface area contributed by atoms with Gasteiger partial charge in [-0.1, -0.05) is 17.7 Å². The predicted octanol–water partition coefficient (Wildman–Crippen LogP) is 2.42. The van der Waals surface area contributed by atoms with Crippen LogP contribution in [0.3, 0.4) is 0 Å². The molecule has 1 saturated carbocycles. The van der Waals surface area contributed by atoms with Crippen LogP contribution in [0.1, 0.15) is 29.8 Å². The maximum atomic E-state index is 13.4. The number of aromatic nitrogens is 3. The lowest BCUT2D eigenvalue weighted by Gasteiger charge is -2.34. The van der Waals surface area contributed by atoms with Crippen LogP contribution in [0, 0.1) is 5.92 Å². The first-order valence-corrected chi connectivity index (χ1v) is 12.2. The smallest absolute Gasteiger partial charge is 0.475 e. The molecule has 3 atom stereocenters. The first-order valence-electron chi connectivity index (χ1n) is 11.9. The van der Waals surface area contributed by atoms with Crippen LogP contribution in [0.5, 0.6) is 0 Å². The summed E-state index contributed by atoms with van der Waals surface area (Å²) in [5.74, 6) is -3.59. The Morgan fingerprint density at radius 1 is 1.15 bits per heavy atom. The lowest BCUT2D eigenvalue weighted by Crippen LogP contribution is -2.52. The monoisotopic (exact) mass is 581 g/mol. The fourth-order valence-electron chi connectivity index (χ4n) is 5.07. The number of halogens is 4. The zero-order valence-electron chi connectivity index (χ0n) is 20.6. The number of primary amides is 1. The summed E-state index contributed by atoms with van der Waals surface area (Å²) < 4.78 is 33.2. The van der Waals surface area contributed by atoms with Crippen molar-refractivity contribution >= 4 is 57.7 Å². The number of carboxylic acid groups (broad SMARTS) is 1. The molecular formula is C24H23ClF3N7O5. The Hall–Kier alpha value is -4.40. The minimum Gasteiger partial charge on any atom is -0.475 e. The molecule has 1 aromatic carbocycles. The van der Waals surface area contributed by atoms with Gasteiger partial charge < -0.3 is 26.8 Å².